The number of Topliss-reactive ketones (excluding diaryl/α,β-unsaturated/α-hetero) is 2. The SMILES string of the molecule is CN(C(=O)CN1CCC2(CC1)OCCO2)C1=C(N2CCC3(CC2)OCCO3)C(=O)c2ccccc2C1=O. The van der Waals surface area contributed by atoms with E-state index in [1.807, 2.05) is 4.90 Å². The number of carbonyl (C=O) groups excluding carboxylic acids is 3. The van der Waals surface area contributed by atoms with Crippen molar-refractivity contribution >= 4 is 17.5 Å². The fourth-order valence-electron chi connectivity index (χ4n) is 6.07. The number of nitrogens with zero attached hydrogens (tertiary/aromatic N) is 3. The van der Waals surface area contributed by atoms with E-state index in [4.69, 9.17) is 18.9 Å². The van der Waals surface area contributed by atoms with Crippen molar-refractivity contribution in [3.05, 3.63) is 46.8 Å². The van der Waals surface area contributed by atoms with E-state index >= 15 is 0 Å². The van der Waals surface area contributed by atoms with Gasteiger partial charge in [-0.15, -0.1) is 0 Å². The van der Waals surface area contributed by atoms with E-state index < -0.39 is 11.6 Å². The molecule has 10 heteroatoms. The molecule has 37 heavy (non-hydrogen) atoms. The summed E-state index contributed by atoms with van der Waals surface area (Å²) in [5, 5.41) is 0. The summed E-state index contributed by atoms with van der Waals surface area (Å²) in [5.74, 6) is -1.90. The van der Waals surface area contributed by atoms with Gasteiger partial charge < -0.3 is 28.7 Å². The highest BCUT2D eigenvalue weighted by atomic mass is 16.7. The predicted octanol–water partition coefficient (Wildman–Crippen LogP) is 1.41. The number of allylic oxidation sites excluding steroid dienone is 2. The summed E-state index contributed by atoms with van der Waals surface area (Å²) in [6.45, 7) is 4.80. The molecule has 0 bridgehead atoms. The van der Waals surface area contributed by atoms with Crippen LogP contribution in [0.3, 0.4) is 0 Å². The second-order valence-corrected chi connectivity index (χ2v) is 10.3. The van der Waals surface area contributed by atoms with Gasteiger partial charge in [-0.05, 0) is 0 Å². The van der Waals surface area contributed by atoms with Crippen LogP contribution in [0.2, 0.25) is 0 Å². The molecule has 0 saturated carbocycles. The highest BCUT2D eigenvalue weighted by molar-refractivity contribution is 6.27. The van der Waals surface area contributed by atoms with Crippen LogP contribution < -0.4 is 0 Å². The van der Waals surface area contributed by atoms with Crippen LogP contribution in [0.5, 0.6) is 0 Å². The number of carbonyl (C=O) groups is 3. The molecule has 198 valence electrons. The lowest BCUT2D eigenvalue weighted by atomic mass is 9.88. The average Bonchev–Trinajstić information content (AvgIpc) is 3.58. The van der Waals surface area contributed by atoms with E-state index in [-0.39, 0.29) is 35.4 Å². The van der Waals surface area contributed by atoms with Gasteiger partial charge in [-0.3, -0.25) is 19.3 Å². The van der Waals surface area contributed by atoms with Gasteiger partial charge in [0.2, 0.25) is 17.5 Å². The van der Waals surface area contributed by atoms with Gasteiger partial charge in [0, 0.05) is 70.0 Å². The van der Waals surface area contributed by atoms with Gasteiger partial charge in [0.25, 0.3) is 0 Å². The van der Waals surface area contributed by atoms with Crippen molar-refractivity contribution in [2.75, 3.05) is 66.2 Å². The van der Waals surface area contributed by atoms with Gasteiger partial charge in [0.15, 0.2) is 11.6 Å². The van der Waals surface area contributed by atoms with Crippen molar-refractivity contribution in [3.63, 3.8) is 0 Å². The Kier molecular flexibility index (Phi) is 6.40. The number of piperidine rings is 2. The molecule has 4 heterocycles. The first kappa shape index (κ1) is 24.7. The Bertz CT molecular complexity index is 1120. The number of likely N-dealkylation sites (N-methyl/N-ethyl adjacent to an activating group) is 1. The van der Waals surface area contributed by atoms with Crippen LogP contribution >= 0.6 is 0 Å². The second-order valence-electron chi connectivity index (χ2n) is 10.3. The van der Waals surface area contributed by atoms with Crippen molar-refractivity contribution in [2.45, 2.75) is 37.3 Å². The maximum absolute atomic E-state index is 13.8. The number of rotatable bonds is 4. The highest BCUT2D eigenvalue weighted by Gasteiger charge is 2.45. The number of benzene rings is 1. The van der Waals surface area contributed by atoms with Crippen LogP contribution in [0, 0.1) is 0 Å². The second kappa shape index (κ2) is 9.59. The zero-order chi connectivity index (χ0) is 25.6. The van der Waals surface area contributed by atoms with Crippen LogP contribution in [0.15, 0.2) is 35.7 Å². The van der Waals surface area contributed by atoms with E-state index in [1.165, 1.54) is 4.90 Å². The highest BCUT2D eigenvalue weighted by Crippen LogP contribution is 2.37. The summed E-state index contributed by atoms with van der Waals surface area (Å²) in [7, 11) is 1.60. The molecule has 0 unspecified atom stereocenters. The predicted molar refractivity (Wildman–Crippen MR) is 131 cm³/mol. The summed E-state index contributed by atoms with van der Waals surface area (Å²) in [6.07, 6.45) is 2.57. The fourth-order valence-corrected chi connectivity index (χ4v) is 6.07. The largest absolute Gasteiger partial charge is 0.366 e. The summed E-state index contributed by atoms with van der Waals surface area (Å²) < 4.78 is 23.3. The third-order valence-corrected chi connectivity index (χ3v) is 8.23. The third kappa shape index (κ3) is 4.40. The van der Waals surface area contributed by atoms with E-state index in [9.17, 15) is 14.4 Å². The standard InChI is InChI=1S/C27H33N3O7/c1-28(21(31)18-29-10-6-26(7-11-29)34-14-15-35-26)22-23(25(33)20-5-3-2-4-19(20)24(22)32)30-12-8-27(9-13-30)36-16-17-37-27/h2-5H,6-18H2,1H3. The van der Waals surface area contributed by atoms with E-state index in [0.717, 1.165) is 0 Å². The first-order valence-electron chi connectivity index (χ1n) is 13.1. The molecule has 1 amide bonds. The molecular formula is C27H33N3O7. The first-order chi connectivity index (χ1) is 17.9. The van der Waals surface area contributed by atoms with Crippen LogP contribution in [-0.4, -0.2) is 110 Å². The Morgan fingerprint density at radius 3 is 1.84 bits per heavy atom. The molecule has 0 aromatic heterocycles. The van der Waals surface area contributed by atoms with Gasteiger partial charge in [-0.25, -0.2) is 0 Å². The van der Waals surface area contributed by atoms with Gasteiger partial charge in [0.1, 0.15) is 11.4 Å². The zero-order valence-corrected chi connectivity index (χ0v) is 21.2. The molecule has 1 aromatic carbocycles. The van der Waals surface area contributed by atoms with Crippen molar-refractivity contribution < 1.29 is 33.3 Å². The Labute approximate surface area is 216 Å². The molecule has 2 spiro atoms. The smallest absolute Gasteiger partial charge is 0.241 e. The minimum Gasteiger partial charge on any atom is -0.366 e. The minimum atomic E-state index is -0.614. The number of hydrogen-bond acceptors (Lipinski definition) is 9. The van der Waals surface area contributed by atoms with E-state index in [0.29, 0.717) is 89.4 Å². The van der Waals surface area contributed by atoms with Crippen LogP contribution in [-0.2, 0) is 23.7 Å². The molecule has 5 aliphatic rings. The topological polar surface area (TPSA) is 97.8 Å². The molecule has 4 fully saturated rings. The van der Waals surface area contributed by atoms with Crippen molar-refractivity contribution in [1.82, 2.24) is 14.7 Å². The van der Waals surface area contributed by atoms with Crippen molar-refractivity contribution in [2.24, 2.45) is 0 Å². The van der Waals surface area contributed by atoms with E-state index in [1.54, 1.807) is 31.3 Å². The lowest BCUT2D eigenvalue weighted by Crippen LogP contribution is -2.50. The quantitative estimate of drug-likeness (QED) is 0.594. The van der Waals surface area contributed by atoms with E-state index in [2.05, 4.69) is 4.90 Å². The Morgan fingerprint density at radius 1 is 0.811 bits per heavy atom. The third-order valence-electron chi connectivity index (χ3n) is 8.23. The number of ketones is 2. The van der Waals surface area contributed by atoms with Gasteiger partial charge in [-0.1, -0.05) is 24.3 Å². The zero-order valence-electron chi connectivity index (χ0n) is 21.2. The Morgan fingerprint density at radius 2 is 1.30 bits per heavy atom. The van der Waals surface area contributed by atoms with Crippen LogP contribution in [0.25, 0.3) is 0 Å². The lowest BCUT2D eigenvalue weighted by Gasteiger charge is -2.41. The number of hydrogen-bond donors (Lipinski definition) is 0. The van der Waals surface area contributed by atoms with Gasteiger partial charge in [-0.2, -0.15) is 0 Å². The molecule has 10 nitrogen and oxygen atoms in total. The monoisotopic (exact) mass is 511 g/mol. The molecule has 0 N–H and O–H groups in total. The Hall–Kier alpha value is -2.63. The molecule has 4 aliphatic heterocycles. The van der Waals surface area contributed by atoms with Crippen LogP contribution in [0.4, 0.5) is 0 Å². The van der Waals surface area contributed by atoms with Crippen molar-refractivity contribution in [3.8, 4) is 0 Å². The van der Waals surface area contributed by atoms with Crippen molar-refractivity contribution in [1.29, 1.82) is 0 Å². The number of fused-ring (bicyclic) bond motifs is 1. The minimum absolute atomic E-state index is 0.147. The summed E-state index contributed by atoms with van der Waals surface area (Å²) in [4.78, 5) is 46.3. The van der Waals surface area contributed by atoms with Crippen LogP contribution in [0.1, 0.15) is 46.4 Å². The molecule has 6 rings (SSSR count). The summed E-state index contributed by atoms with van der Waals surface area (Å²) in [6, 6.07) is 6.83. The Balaban J connectivity index is 1.24. The van der Waals surface area contributed by atoms with Gasteiger partial charge >= 0.3 is 0 Å². The average molecular weight is 512 g/mol. The van der Waals surface area contributed by atoms with Gasteiger partial charge in [0.05, 0.1) is 33.0 Å². The molecule has 1 aromatic rings. The molecule has 1 aliphatic carbocycles. The fraction of sp³-hybridized carbons (Fsp3) is 0.593. The molecule has 0 atom stereocenters. The maximum Gasteiger partial charge on any atom is 0.241 e. The maximum atomic E-state index is 13.8. The number of ether oxygens (including phenoxy) is 4. The normalized spacial score (nSPS) is 25.3. The summed E-state index contributed by atoms with van der Waals surface area (Å²) >= 11 is 0. The molecule has 4 saturated heterocycles. The molecule has 0 radical (unpaired) electrons. The molecular weight excluding hydrogens is 478 g/mol. The lowest BCUT2D eigenvalue weighted by molar-refractivity contribution is -0.186. The summed E-state index contributed by atoms with van der Waals surface area (Å²) in [5.41, 5.74) is 1.14. The number of amides is 1. The first-order valence-corrected chi connectivity index (χ1v) is 13.1. The number of likely N-dealkylation sites (tertiary alicyclic amines) is 2.